The van der Waals surface area contributed by atoms with Crippen molar-refractivity contribution in [2.45, 2.75) is 38.3 Å². The molecule has 0 bridgehead atoms. The number of aromatic nitrogens is 3. The number of aliphatic hydroxyl groups is 1. The highest BCUT2D eigenvalue weighted by molar-refractivity contribution is 5.51. The zero-order chi connectivity index (χ0) is 20.5. The zero-order valence-corrected chi connectivity index (χ0v) is 16.3. The van der Waals surface area contributed by atoms with Gasteiger partial charge in [0.15, 0.2) is 0 Å². The van der Waals surface area contributed by atoms with Crippen molar-refractivity contribution in [1.29, 1.82) is 0 Å². The zero-order valence-electron chi connectivity index (χ0n) is 16.3. The molecule has 2 atom stereocenters. The summed E-state index contributed by atoms with van der Waals surface area (Å²) >= 11 is 0. The van der Waals surface area contributed by atoms with E-state index in [1.165, 1.54) is 16.9 Å². The van der Waals surface area contributed by atoms with Gasteiger partial charge >= 0.3 is 0 Å². The molecule has 1 N–H and O–H groups in total. The molecular formula is C19H24N6O4. The molecule has 0 saturated carbocycles. The molecule has 2 aliphatic heterocycles. The molecule has 10 heteroatoms. The van der Waals surface area contributed by atoms with Crippen LogP contribution in [0.1, 0.15) is 30.9 Å². The van der Waals surface area contributed by atoms with Crippen molar-refractivity contribution in [2.75, 3.05) is 36.0 Å². The largest absolute Gasteiger partial charge is 0.391 e. The van der Waals surface area contributed by atoms with Crippen LogP contribution < -0.4 is 15.4 Å². The van der Waals surface area contributed by atoms with Gasteiger partial charge in [-0.15, -0.1) is 0 Å². The number of pyridine rings is 1. The van der Waals surface area contributed by atoms with E-state index in [2.05, 4.69) is 15.0 Å². The first-order chi connectivity index (χ1) is 13.9. The third kappa shape index (κ3) is 3.93. The molecule has 0 amide bonds. The van der Waals surface area contributed by atoms with Crippen LogP contribution in [-0.2, 0) is 0 Å². The lowest BCUT2D eigenvalue weighted by molar-refractivity contribution is -0.385. The molecule has 2 aromatic rings. The number of aryl methyl sites for hydroxylation is 1. The molecule has 0 aliphatic carbocycles. The molecule has 0 radical (unpaired) electrons. The number of anilines is 2. The third-order valence-corrected chi connectivity index (χ3v) is 5.63. The van der Waals surface area contributed by atoms with E-state index in [4.69, 9.17) is 0 Å². The van der Waals surface area contributed by atoms with Crippen LogP contribution in [0.5, 0.6) is 0 Å². The van der Waals surface area contributed by atoms with Crippen molar-refractivity contribution < 1.29 is 10.0 Å². The molecule has 0 spiro atoms. The van der Waals surface area contributed by atoms with Gasteiger partial charge in [-0.2, -0.15) is 5.10 Å². The predicted molar refractivity (Wildman–Crippen MR) is 107 cm³/mol. The van der Waals surface area contributed by atoms with Crippen LogP contribution in [0.25, 0.3) is 0 Å². The minimum absolute atomic E-state index is 0.0275. The summed E-state index contributed by atoms with van der Waals surface area (Å²) < 4.78 is 1.52. The number of rotatable bonds is 4. The van der Waals surface area contributed by atoms with Crippen LogP contribution in [0.15, 0.2) is 29.3 Å². The first-order valence-corrected chi connectivity index (χ1v) is 9.80. The Labute approximate surface area is 167 Å². The quantitative estimate of drug-likeness (QED) is 0.602. The molecule has 2 saturated heterocycles. The maximum atomic E-state index is 12.7. The molecule has 10 nitrogen and oxygen atoms in total. The summed E-state index contributed by atoms with van der Waals surface area (Å²) in [5.41, 5.74) is 1.29. The van der Waals surface area contributed by atoms with Crippen molar-refractivity contribution in [3.05, 3.63) is 50.6 Å². The molecule has 2 aliphatic rings. The van der Waals surface area contributed by atoms with Crippen LogP contribution in [0.2, 0.25) is 0 Å². The second-order valence-electron chi connectivity index (χ2n) is 7.72. The minimum atomic E-state index is -0.451. The first kappa shape index (κ1) is 19.3. The van der Waals surface area contributed by atoms with Gasteiger partial charge in [0.25, 0.3) is 11.2 Å². The van der Waals surface area contributed by atoms with E-state index in [-0.39, 0.29) is 23.4 Å². The highest BCUT2D eigenvalue weighted by atomic mass is 16.6. The highest BCUT2D eigenvalue weighted by Gasteiger charge is 2.26. The Bertz CT molecular complexity index is 977. The van der Waals surface area contributed by atoms with Crippen molar-refractivity contribution in [1.82, 2.24) is 14.8 Å². The Morgan fingerprint density at radius 2 is 2.00 bits per heavy atom. The number of hydrogen-bond donors (Lipinski definition) is 1. The maximum Gasteiger partial charge on any atom is 0.287 e. The molecule has 0 unspecified atom stereocenters. The van der Waals surface area contributed by atoms with E-state index in [1.54, 1.807) is 12.3 Å². The number of β-amino-alcohol motifs (C(OH)–C–C–N with tert-alkyl or cyclic N) is 1. The van der Waals surface area contributed by atoms with Crippen molar-refractivity contribution >= 4 is 17.2 Å². The van der Waals surface area contributed by atoms with Crippen LogP contribution in [0.4, 0.5) is 17.2 Å². The molecule has 2 aromatic heterocycles. The Balaban J connectivity index is 1.53. The van der Waals surface area contributed by atoms with Gasteiger partial charge < -0.3 is 14.9 Å². The van der Waals surface area contributed by atoms with Gasteiger partial charge in [0, 0.05) is 38.3 Å². The van der Waals surface area contributed by atoms with E-state index in [9.17, 15) is 20.0 Å². The average Bonchev–Trinajstić information content (AvgIpc) is 3.14. The van der Waals surface area contributed by atoms with Crippen molar-refractivity contribution in [3.8, 4) is 0 Å². The van der Waals surface area contributed by atoms with Gasteiger partial charge in [-0.05, 0) is 31.7 Å². The normalized spacial score (nSPS) is 22.1. The van der Waals surface area contributed by atoms with Gasteiger partial charge in [-0.1, -0.05) is 0 Å². The average molecular weight is 400 g/mol. The standard InChI is InChI=1S/C19H24N6O4/c1-13-7-16(25(28)29)9-20-19(13)23-5-2-3-14(11-23)24-18(27)8-15(10-21-24)22-6-4-17(26)12-22/h7-10,14,17,26H,2-6,11-12H2,1H3/t14-,17+/m1/s1. The summed E-state index contributed by atoms with van der Waals surface area (Å²) in [5, 5.41) is 25.1. The monoisotopic (exact) mass is 400 g/mol. The molecule has 29 heavy (non-hydrogen) atoms. The molecular weight excluding hydrogens is 376 g/mol. The van der Waals surface area contributed by atoms with Gasteiger partial charge in [-0.25, -0.2) is 9.67 Å². The van der Waals surface area contributed by atoms with Crippen LogP contribution >= 0.6 is 0 Å². The molecule has 4 heterocycles. The topological polar surface area (TPSA) is 118 Å². The smallest absolute Gasteiger partial charge is 0.287 e. The number of nitro groups is 1. The summed E-state index contributed by atoms with van der Waals surface area (Å²) in [5.74, 6) is 0.705. The summed E-state index contributed by atoms with van der Waals surface area (Å²) in [6.07, 6.45) is 5.00. The highest BCUT2D eigenvalue weighted by Crippen LogP contribution is 2.28. The Morgan fingerprint density at radius 3 is 2.66 bits per heavy atom. The van der Waals surface area contributed by atoms with Crippen LogP contribution in [-0.4, -0.2) is 57.1 Å². The fourth-order valence-corrected chi connectivity index (χ4v) is 4.16. The van der Waals surface area contributed by atoms with Gasteiger partial charge in [0.05, 0.1) is 29.0 Å². The van der Waals surface area contributed by atoms with E-state index < -0.39 is 4.92 Å². The fraction of sp³-hybridized carbons (Fsp3) is 0.526. The first-order valence-electron chi connectivity index (χ1n) is 9.80. The lowest BCUT2D eigenvalue weighted by Gasteiger charge is -2.34. The van der Waals surface area contributed by atoms with E-state index in [1.807, 2.05) is 11.8 Å². The summed E-state index contributed by atoms with van der Waals surface area (Å²) in [6.45, 7) is 4.39. The lowest BCUT2D eigenvalue weighted by Crippen LogP contribution is -2.41. The van der Waals surface area contributed by atoms with E-state index in [0.29, 0.717) is 31.9 Å². The Kier molecular flexibility index (Phi) is 5.18. The predicted octanol–water partition coefficient (Wildman–Crippen LogP) is 1.27. The second-order valence-corrected chi connectivity index (χ2v) is 7.72. The maximum absolute atomic E-state index is 12.7. The molecule has 154 valence electrons. The van der Waals surface area contributed by atoms with Crippen LogP contribution in [0, 0.1) is 17.0 Å². The SMILES string of the molecule is Cc1cc([N+](=O)[O-])cnc1N1CCC[C@@H](n2ncc(N3CC[C@H](O)C3)cc2=O)C1. The van der Waals surface area contributed by atoms with Gasteiger partial charge in [0.1, 0.15) is 12.0 Å². The van der Waals surface area contributed by atoms with E-state index >= 15 is 0 Å². The summed E-state index contributed by atoms with van der Waals surface area (Å²) in [4.78, 5) is 31.5. The molecule has 4 rings (SSSR count). The Morgan fingerprint density at radius 1 is 1.17 bits per heavy atom. The van der Waals surface area contributed by atoms with Crippen LogP contribution in [0.3, 0.4) is 0 Å². The van der Waals surface area contributed by atoms with E-state index in [0.717, 1.165) is 30.6 Å². The van der Waals surface area contributed by atoms with Crippen molar-refractivity contribution in [2.24, 2.45) is 0 Å². The number of piperidine rings is 1. The number of nitrogens with zero attached hydrogens (tertiary/aromatic N) is 6. The summed E-state index contributed by atoms with van der Waals surface area (Å²) in [6, 6.07) is 3.01. The Hall–Kier alpha value is -3.01. The number of aliphatic hydroxyl groups excluding tert-OH is 1. The second kappa shape index (κ2) is 7.78. The fourth-order valence-electron chi connectivity index (χ4n) is 4.16. The third-order valence-electron chi connectivity index (χ3n) is 5.63. The minimum Gasteiger partial charge on any atom is -0.391 e. The lowest BCUT2D eigenvalue weighted by atomic mass is 10.1. The van der Waals surface area contributed by atoms with Gasteiger partial charge in [0.2, 0.25) is 0 Å². The molecule has 0 aromatic carbocycles. The summed E-state index contributed by atoms with van der Waals surface area (Å²) in [7, 11) is 0. The molecule has 2 fully saturated rings. The number of hydrogen-bond acceptors (Lipinski definition) is 8. The van der Waals surface area contributed by atoms with Gasteiger partial charge in [-0.3, -0.25) is 14.9 Å². The van der Waals surface area contributed by atoms with Crippen molar-refractivity contribution in [3.63, 3.8) is 0 Å².